The van der Waals surface area contributed by atoms with E-state index in [1.54, 1.807) is 0 Å². The van der Waals surface area contributed by atoms with E-state index in [-0.39, 0.29) is 0 Å². The second-order valence-corrected chi connectivity index (χ2v) is 5.75. The molecular weight excluding hydrogens is 222 g/mol. The molecule has 0 aliphatic carbocycles. The number of hydrogen-bond acceptors (Lipinski definition) is 3. The first-order valence-corrected chi connectivity index (χ1v) is 6.95. The molecule has 1 saturated heterocycles. The van der Waals surface area contributed by atoms with Gasteiger partial charge in [-0.2, -0.15) is 0 Å². The van der Waals surface area contributed by atoms with Crippen LogP contribution in [0.3, 0.4) is 0 Å². The average molecular weight is 247 g/mol. The van der Waals surface area contributed by atoms with Gasteiger partial charge in [-0.3, -0.25) is 4.98 Å². The molecule has 100 valence electrons. The summed E-state index contributed by atoms with van der Waals surface area (Å²) in [6, 6.07) is 7.70. The Labute approximate surface area is 111 Å². The molecule has 0 amide bonds. The van der Waals surface area contributed by atoms with E-state index >= 15 is 0 Å². The van der Waals surface area contributed by atoms with Crippen LogP contribution in [-0.2, 0) is 0 Å². The maximum atomic E-state index is 4.43. The van der Waals surface area contributed by atoms with Crippen molar-refractivity contribution in [3.05, 3.63) is 30.1 Å². The highest BCUT2D eigenvalue weighted by atomic mass is 15.2. The lowest BCUT2D eigenvalue weighted by Crippen LogP contribution is -2.51. The van der Waals surface area contributed by atoms with Crippen molar-refractivity contribution in [1.82, 2.24) is 15.2 Å². The zero-order valence-electron chi connectivity index (χ0n) is 11.9. The van der Waals surface area contributed by atoms with Gasteiger partial charge in [0.05, 0.1) is 5.69 Å². The number of hydrogen-bond donors (Lipinski definition) is 1. The number of nitrogens with one attached hydrogen (secondary N) is 1. The summed E-state index contributed by atoms with van der Waals surface area (Å²) in [5.74, 6) is 0.692. The molecule has 0 spiro atoms. The normalized spacial score (nSPS) is 31.2. The molecule has 18 heavy (non-hydrogen) atoms. The van der Waals surface area contributed by atoms with E-state index < -0.39 is 0 Å². The van der Waals surface area contributed by atoms with Gasteiger partial charge >= 0.3 is 0 Å². The molecule has 1 fully saturated rings. The molecule has 3 nitrogen and oxygen atoms in total. The van der Waals surface area contributed by atoms with Gasteiger partial charge in [0.15, 0.2) is 0 Å². The van der Waals surface area contributed by atoms with Crippen molar-refractivity contribution in [2.45, 2.75) is 45.3 Å². The minimum atomic E-state index is 0.328. The van der Waals surface area contributed by atoms with Gasteiger partial charge in [0.2, 0.25) is 0 Å². The van der Waals surface area contributed by atoms with Gasteiger partial charge in [0.1, 0.15) is 0 Å². The average Bonchev–Trinajstić information content (AvgIpc) is 2.37. The summed E-state index contributed by atoms with van der Waals surface area (Å²) in [6.07, 6.45) is 3.09. The second-order valence-electron chi connectivity index (χ2n) is 5.75. The molecular formula is C15H25N3. The molecule has 4 atom stereocenters. The van der Waals surface area contributed by atoms with Crippen molar-refractivity contribution >= 4 is 0 Å². The molecule has 4 unspecified atom stereocenters. The summed E-state index contributed by atoms with van der Waals surface area (Å²) in [6.45, 7) is 8.03. The first-order chi connectivity index (χ1) is 8.58. The van der Waals surface area contributed by atoms with Crippen molar-refractivity contribution in [3.8, 4) is 0 Å². The number of pyridine rings is 1. The third-order valence-corrected chi connectivity index (χ3v) is 4.21. The molecule has 2 rings (SSSR count). The number of piperidine rings is 1. The molecule has 1 N–H and O–H groups in total. The summed E-state index contributed by atoms with van der Waals surface area (Å²) in [7, 11) is 2.22. The Kier molecular flexibility index (Phi) is 4.36. The largest absolute Gasteiger partial charge is 0.306 e. The van der Waals surface area contributed by atoms with Crippen LogP contribution in [0.5, 0.6) is 0 Å². The summed E-state index contributed by atoms with van der Waals surface area (Å²) in [5, 5.41) is 3.75. The Morgan fingerprint density at radius 3 is 2.83 bits per heavy atom. The molecule has 2 heterocycles. The van der Waals surface area contributed by atoms with Gasteiger partial charge in [-0.05, 0) is 45.4 Å². The van der Waals surface area contributed by atoms with Crippen LogP contribution in [-0.4, -0.2) is 35.6 Å². The van der Waals surface area contributed by atoms with Crippen molar-refractivity contribution < 1.29 is 0 Å². The third kappa shape index (κ3) is 3.09. The molecule has 3 heteroatoms. The predicted octanol–water partition coefficient (Wildman–Crippen LogP) is 2.46. The fraction of sp³-hybridized carbons (Fsp3) is 0.667. The fourth-order valence-corrected chi connectivity index (χ4v) is 2.81. The van der Waals surface area contributed by atoms with Crippen LogP contribution in [0.15, 0.2) is 24.4 Å². The standard InChI is InChI=1S/C15H25N3/c1-11-10-18(4)12(2)9-15(11)17-13(3)14-7-5-6-8-16-14/h5-8,11-13,15,17H,9-10H2,1-4H3. The predicted molar refractivity (Wildman–Crippen MR) is 75.4 cm³/mol. The quantitative estimate of drug-likeness (QED) is 0.889. The molecule has 1 aliphatic rings. The van der Waals surface area contributed by atoms with Crippen LogP contribution in [0.1, 0.15) is 38.9 Å². The third-order valence-electron chi connectivity index (χ3n) is 4.21. The van der Waals surface area contributed by atoms with Gasteiger partial charge in [-0.1, -0.05) is 13.0 Å². The number of rotatable bonds is 3. The SMILES string of the molecule is CC(NC1CC(C)N(C)CC1C)c1ccccn1. The monoisotopic (exact) mass is 247 g/mol. The number of aromatic nitrogens is 1. The highest BCUT2D eigenvalue weighted by Crippen LogP contribution is 2.23. The summed E-state index contributed by atoms with van der Waals surface area (Å²) in [5.41, 5.74) is 1.14. The van der Waals surface area contributed by atoms with E-state index in [1.165, 1.54) is 13.0 Å². The first-order valence-electron chi connectivity index (χ1n) is 6.95. The molecule has 0 aromatic carbocycles. The lowest BCUT2D eigenvalue weighted by molar-refractivity contribution is 0.116. The smallest absolute Gasteiger partial charge is 0.0570 e. The van der Waals surface area contributed by atoms with E-state index in [9.17, 15) is 0 Å². The Balaban J connectivity index is 1.97. The first kappa shape index (κ1) is 13.5. The zero-order valence-corrected chi connectivity index (χ0v) is 11.9. The molecule has 1 aromatic rings. The summed E-state index contributed by atoms with van der Waals surface area (Å²) >= 11 is 0. The van der Waals surface area contributed by atoms with Gasteiger partial charge in [-0.15, -0.1) is 0 Å². The van der Waals surface area contributed by atoms with Gasteiger partial charge in [0.25, 0.3) is 0 Å². The zero-order chi connectivity index (χ0) is 13.1. The van der Waals surface area contributed by atoms with Crippen LogP contribution in [0.25, 0.3) is 0 Å². The Morgan fingerprint density at radius 1 is 1.39 bits per heavy atom. The maximum Gasteiger partial charge on any atom is 0.0570 e. The van der Waals surface area contributed by atoms with E-state index in [2.05, 4.69) is 55.2 Å². The molecule has 1 aliphatic heterocycles. The van der Waals surface area contributed by atoms with Crippen molar-refractivity contribution in [1.29, 1.82) is 0 Å². The summed E-state index contributed by atoms with van der Waals surface area (Å²) < 4.78 is 0. The van der Waals surface area contributed by atoms with Crippen molar-refractivity contribution in [2.24, 2.45) is 5.92 Å². The van der Waals surface area contributed by atoms with Crippen molar-refractivity contribution in [2.75, 3.05) is 13.6 Å². The van der Waals surface area contributed by atoms with E-state index in [4.69, 9.17) is 0 Å². The maximum absolute atomic E-state index is 4.43. The molecule has 0 saturated carbocycles. The Bertz CT molecular complexity index is 365. The Hall–Kier alpha value is -0.930. The summed E-state index contributed by atoms with van der Waals surface area (Å²) in [4.78, 5) is 6.88. The fourth-order valence-electron chi connectivity index (χ4n) is 2.81. The highest BCUT2D eigenvalue weighted by Gasteiger charge is 2.29. The van der Waals surface area contributed by atoms with E-state index in [1.807, 2.05) is 12.3 Å². The lowest BCUT2D eigenvalue weighted by Gasteiger charge is -2.41. The highest BCUT2D eigenvalue weighted by molar-refractivity contribution is 5.08. The lowest BCUT2D eigenvalue weighted by atomic mass is 9.89. The Morgan fingerprint density at radius 2 is 2.17 bits per heavy atom. The van der Waals surface area contributed by atoms with Crippen LogP contribution in [0.2, 0.25) is 0 Å². The van der Waals surface area contributed by atoms with Crippen LogP contribution < -0.4 is 5.32 Å². The molecule has 0 radical (unpaired) electrons. The van der Waals surface area contributed by atoms with Gasteiger partial charge < -0.3 is 10.2 Å². The van der Waals surface area contributed by atoms with Crippen LogP contribution in [0.4, 0.5) is 0 Å². The van der Waals surface area contributed by atoms with Crippen LogP contribution >= 0.6 is 0 Å². The minimum Gasteiger partial charge on any atom is -0.306 e. The number of likely N-dealkylation sites (tertiary alicyclic amines) is 1. The molecule has 0 bridgehead atoms. The molecule has 1 aromatic heterocycles. The topological polar surface area (TPSA) is 28.2 Å². The second kappa shape index (κ2) is 5.81. The van der Waals surface area contributed by atoms with Crippen molar-refractivity contribution in [3.63, 3.8) is 0 Å². The number of nitrogens with zero attached hydrogens (tertiary/aromatic N) is 2. The van der Waals surface area contributed by atoms with E-state index in [0.29, 0.717) is 24.0 Å². The van der Waals surface area contributed by atoms with Gasteiger partial charge in [-0.25, -0.2) is 0 Å². The minimum absolute atomic E-state index is 0.328. The van der Waals surface area contributed by atoms with Gasteiger partial charge in [0, 0.05) is 30.9 Å². The van der Waals surface area contributed by atoms with E-state index in [0.717, 1.165) is 5.69 Å². The van der Waals surface area contributed by atoms with Crippen LogP contribution in [0, 0.1) is 5.92 Å².